The van der Waals surface area contributed by atoms with Gasteiger partial charge >= 0.3 is 6.16 Å². The molecule has 0 aromatic carbocycles. The van der Waals surface area contributed by atoms with Crippen LogP contribution in [0, 0.1) is 29.6 Å². The van der Waals surface area contributed by atoms with Crippen molar-refractivity contribution in [3.8, 4) is 11.8 Å². The van der Waals surface area contributed by atoms with E-state index in [1.165, 1.54) is 0 Å². The zero-order chi connectivity index (χ0) is 14.8. The molecule has 0 radical (unpaired) electrons. The molecule has 0 aromatic heterocycles. The van der Waals surface area contributed by atoms with Gasteiger partial charge in [0.2, 0.25) is 0 Å². The Hall–Kier alpha value is -2.03. The monoisotopic (exact) mass is 291 g/mol. The molecule has 6 heteroatoms. The fourth-order valence-electron chi connectivity index (χ4n) is 3.21. The van der Waals surface area contributed by atoms with Gasteiger partial charge in [0.1, 0.15) is 0 Å². The SMILES string of the molecule is O=C(OC[C@@H]1C2CCC#CCC[C@@H]21)ON1C(=O)CCC1=O. The molecule has 21 heavy (non-hydrogen) atoms. The second kappa shape index (κ2) is 5.76. The predicted molar refractivity (Wildman–Crippen MR) is 70.2 cm³/mol. The van der Waals surface area contributed by atoms with Gasteiger partial charge in [-0.05, 0) is 30.6 Å². The predicted octanol–water partition coefficient (Wildman–Crippen LogP) is 1.64. The summed E-state index contributed by atoms with van der Waals surface area (Å²) < 4.78 is 5.05. The van der Waals surface area contributed by atoms with Crippen LogP contribution in [0.25, 0.3) is 0 Å². The first kappa shape index (κ1) is 13.9. The normalized spacial score (nSPS) is 30.7. The molecule has 2 fully saturated rings. The number of rotatable bonds is 3. The Morgan fingerprint density at radius 2 is 1.67 bits per heavy atom. The smallest absolute Gasteiger partial charge is 0.432 e. The standard InChI is InChI=1S/C15H17NO5/c17-13-7-8-14(18)16(13)21-15(19)20-9-12-10-5-3-1-2-4-6-11(10)12/h10-12H,3-9H2/t10-,11?,12-/m0/s1. The minimum atomic E-state index is -0.978. The van der Waals surface area contributed by atoms with E-state index < -0.39 is 18.0 Å². The van der Waals surface area contributed by atoms with E-state index in [4.69, 9.17) is 4.74 Å². The third-order valence-corrected chi connectivity index (χ3v) is 4.40. The first-order valence-corrected chi connectivity index (χ1v) is 7.33. The van der Waals surface area contributed by atoms with Crippen molar-refractivity contribution in [2.24, 2.45) is 17.8 Å². The highest BCUT2D eigenvalue weighted by molar-refractivity contribution is 6.01. The number of nitrogens with zero attached hydrogens (tertiary/aromatic N) is 1. The van der Waals surface area contributed by atoms with Crippen molar-refractivity contribution in [3.63, 3.8) is 0 Å². The van der Waals surface area contributed by atoms with Gasteiger partial charge in [-0.1, -0.05) is 5.06 Å². The van der Waals surface area contributed by atoms with Crippen molar-refractivity contribution in [2.75, 3.05) is 6.61 Å². The van der Waals surface area contributed by atoms with E-state index in [2.05, 4.69) is 16.7 Å². The van der Waals surface area contributed by atoms with Gasteiger partial charge in [0.05, 0.1) is 6.61 Å². The van der Waals surface area contributed by atoms with Crippen LogP contribution in [0.15, 0.2) is 0 Å². The largest absolute Gasteiger partial charge is 0.533 e. The maximum absolute atomic E-state index is 11.5. The lowest BCUT2D eigenvalue weighted by atomic mass is 10.1. The second-order valence-electron chi connectivity index (χ2n) is 5.66. The highest BCUT2D eigenvalue weighted by Crippen LogP contribution is 2.52. The van der Waals surface area contributed by atoms with E-state index in [9.17, 15) is 14.4 Å². The summed E-state index contributed by atoms with van der Waals surface area (Å²) in [6, 6.07) is 0. The van der Waals surface area contributed by atoms with Crippen LogP contribution < -0.4 is 0 Å². The molecule has 2 amide bonds. The molecule has 0 bridgehead atoms. The Balaban J connectivity index is 1.43. The summed E-state index contributed by atoms with van der Waals surface area (Å²) in [5.74, 6) is 6.75. The summed E-state index contributed by atoms with van der Waals surface area (Å²) in [6.07, 6.45) is 3.08. The topological polar surface area (TPSA) is 72.9 Å². The first-order valence-electron chi connectivity index (χ1n) is 7.33. The number of carbonyl (C=O) groups excluding carboxylic acids is 3. The molecule has 1 saturated heterocycles. The number of hydroxylamine groups is 2. The van der Waals surface area contributed by atoms with Crippen molar-refractivity contribution in [1.82, 2.24) is 5.06 Å². The van der Waals surface area contributed by atoms with E-state index in [-0.39, 0.29) is 19.4 Å². The molecule has 3 atom stereocenters. The molecular formula is C15H17NO5. The number of carbonyl (C=O) groups is 3. The van der Waals surface area contributed by atoms with E-state index in [1.807, 2.05) is 0 Å². The first-order chi connectivity index (χ1) is 10.2. The van der Waals surface area contributed by atoms with Crippen LogP contribution in [0.2, 0.25) is 0 Å². The maximum atomic E-state index is 11.5. The van der Waals surface area contributed by atoms with Crippen molar-refractivity contribution < 1.29 is 24.0 Å². The molecule has 2 aliphatic carbocycles. The summed E-state index contributed by atoms with van der Waals surface area (Å²) in [5, 5.41) is 0.506. The summed E-state index contributed by atoms with van der Waals surface area (Å²) >= 11 is 0. The average Bonchev–Trinajstić information content (AvgIpc) is 2.98. The molecule has 1 aliphatic heterocycles. The van der Waals surface area contributed by atoms with Gasteiger partial charge in [0.15, 0.2) is 0 Å². The quantitative estimate of drug-likeness (QED) is 0.449. The van der Waals surface area contributed by atoms with Gasteiger partial charge in [0, 0.05) is 25.7 Å². The summed E-state index contributed by atoms with van der Waals surface area (Å²) in [5.41, 5.74) is 0. The summed E-state index contributed by atoms with van der Waals surface area (Å²) in [7, 11) is 0. The maximum Gasteiger partial charge on any atom is 0.533 e. The van der Waals surface area contributed by atoms with Gasteiger partial charge in [-0.3, -0.25) is 14.4 Å². The minimum absolute atomic E-state index is 0.0822. The molecule has 1 heterocycles. The fourth-order valence-corrected chi connectivity index (χ4v) is 3.21. The van der Waals surface area contributed by atoms with Crippen LogP contribution in [0.3, 0.4) is 0 Å². The van der Waals surface area contributed by atoms with Gasteiger partial charge in [-0.15, -0.1) is 11.8 Å². The van der Waals surface area contributed by atoms with Crippen LogP contribution in [0.5, 0.6) is 0 Å². The number of amides is 2. The summed E-state index contributed by atoms with van der Waals surface area (Å²) in [6.45, 7) is 0.282. The van der Waals surface area contributed by atoms with E-state index in [0.717, 1.165) is 25.7 Å². The molecule has 0 N–H and O–H groups in total. The van der Waals surface area contributed by atoms with Crippen molar-refractivity contribution in [3.05, 3.63) is 0 Å². The van der Waals surface area contributed by atoms with Gasteiger partial charge < -0.3 is 4.74 Å². The Bertz CT molecular complexity index is 498. The Morgan fingerprint density at radius 3 is 2.24 bits per heavy atom. The number of hydrogen-bond donors (Lipinski definition) is 0. The molecule has 3 aliphatic rings. The molecule has 1 unspecified atom stereocenters. The van der Waals surface area contributed by atoms with E-state index in [0.29, 0.717) is 22.8 Å². The lowest BCUT2D eigenvalue weighted by Gasteiger charge is -2.12. The molecule has 0 spiro atoms. The minimum Gasteiger partial charge on any atom is -0.432 e. The second-order valence-corrected chi connectivity index (χ2v) is 5.66. The molecule has 3 rings (SSSR count). The van der Waals surface area contributed by atoms with Crippen LogP contribution in [0.1, 0.15) is 38.5 Å². The lowest BCUT2D eigenvalue weighted by Crippen LogP contribution is -2.32. The van der Waals surface area contributed by atoms with Crippen LogP contribution in [-0.4, -0.2) is 29.6 Å². The highest BCUT2D eigenvalue weighted by atomic mass is 16.8. The van der Waals surface area contributed by atoms with E-state index in [1.54, 1.807) is 0 Å². The molecule has 112 valence electrons. The number of ether oxygens (including phenoxy) is 1. The molecule has 6 nitrogen and oxygen atoms in total. The Morgan fingerprint density at radius 1 is 1.10 bits per heavy atom. The number of hydrogen-bond acceptors (Lipinski definition) is 5. The zero-order valence-corrected chi connectivity index (χ0v) is 11.7. The molecular weight excluding hydrogens is 274 g/mol. The number of imide groups is 1. The third kappa shape index (κ3) is 3.02. The third-order valence-electron chi connectivity index (χ3n) is 4.40. The van der Waals surface area contributed by atoms with Gasteiger partial charge in [0.25, 0.3) is 11.8 Å². The van der Waals surface area contributed by atoms with Crippen molar-refractivity contribution >= 4 is 18.0 Å². The van der Waals surface area contributed by atoms with E-state index >= 15 is 0 Å². The molecule has 1 saturated carbocycles. The Labute approximate surface area is 122 Å². The van der Waals surface area contributed by atoms with Crippen molar-refractivity contribution in [2.45, 2.75) is 38.5 Å². The van der Waals surface area contributed by atoms with Gasteiger partial charge in [-0.25, -0.2) is 4.79 Å². The molecule has 0 aromatic rings. The Kier molecular flexibility index (Phi) is 3.82. The number of fused-ring (bicyclic) bond motifs is 1. The van der Waals surface area contributed by atoms with Crippen LogP contribution in [-0.2, 0) is 19.2 Å². The highest BCUT2D eigenvalue weighted by Gasteiger charge is 2.49. The zero-order valence-electron chi connectivity index (χ0n) is 11.7. The van der Waals surface area contributed by atoms with Gasteiger partial charge in [-0.2, -0.15) is 0 Å². The van der Waals surface area contributed by atoms with Crippen LogP contribution >= 0.6 is 0 Å². The lowest BCUT2D eigenvalue weighted by molar-refractivity contribution is -0.177. The fraction of sp³-hybridized carbons (Fsp3) is 0.667. The van der Waals surface area contributed by atoms with Crippen LogP contribution in [0.4, 0.5) is 4.79 Å². The average molecular weight is 291 g/mol. The van der Waals surface area contributed by atoms with Crippen molar-refractivity contribution in [1.29, 1.82) is 0 Å². The summed E-state index contributed by atoms with van der Waals surface area (Å²) in [4.78, 5) is 38.8.